The van der Waals surface area contributed by atoms with E-state index in [1.807, 2.05) is 0 Å². The molecule has 0 spiro atoms. The molecule has 70 valence electrons. The second-order valence-electron chi connectivity index (χ2n) is 3.38. The van der Waals surface area contributed by atoms with Crippen molar-refractivity contribution in [1.29, 1.82) is 0 Å². The van der Waals surface area contributed by atoms with Gasteiger partial charge in [-0.25, -0.2) is 0 Å². The van der Waals surface area contributed by atoms with Gasteiger partial charge >= 0.3 is 0 Å². The van der Waals surface area contributed by atoms with Crippen molar-refractivity contribution in [1.82, 2.24) is 0 Å². The summed E-state index contributed by atoms with van der Waals surface area (Å²) in [4.78, 5) is 10.9. The first-order valence-electron chi connectivity index (χ1n) is 4.36. The Bertz CT molecular complexity index is 139. The molecule has 0 amide bonds. The monoisotopic (exact) mass is 172 g/mol. The molecule has 1 saturated heterocycles. The fraction of sp³-hybridized carbons (Fsp3) is 0.889. The van der Waals surface area contributed by atoms with E-state index < -0.39 is 0 Å². The number of ether oxygens (including phenoxy) is 2. The lowest BCUT2D eigenvalue weighted by Gasteiger charge is -2.31. The maximum atomic E-state index is 10.9. The zero-order valence-corrected chi connectivity index (χ0v) is 7.54. The molecular formula is C9H16O3. The highest BCUT2D eigenvalue weighted by Crippen LogP contribution is 2.29. The first-order valence-corrected chi connectivity index (χ1v) is 4.36. The zero-order valence-electron chi connectivity index (χ0n) is 7.54. The first-order chi connectivity index (χ1) is 5.83. The number of rotatable bonds is 4. The minimum atomic E-state index is -0.256. The van der Waals surface area contributed by atoms with Crippen LogP contribution < -0.4 is 0 Å². The number of carbonyl (C=O) groups is 1. The van der Waals surface area contributed by atoms with Crippen molar-refractivity contribution in [2.24, 2.45) is 5.41 Å². The van der Waals surface area contributed by atoms with Crippen molar-refractivity contribution in [2.75, 3.05) is 26.9 Å². The largest absolute Gasteiger partial charge is 0.385 e. The lowest BCUT2D eigenvalue weighted by Crippen LogP contribution is -2.34. The van der Waals surface area contributed by atoms with Crippen LogP contribution in [0.25, 0.3) is 0 Å². The van der Waals surface area contributed by atoms with Gasteiger partial charge in [-0.05, 0) is 19.3 Å². The predicted molar refractivity (Wildman–Crippen MR) is 45.0 cm³/mol. The van der Waals surface area contributed by atoms with Gasteiger partial charge < -0.3 is 14.3 Å². The van der Waals surface area contributed by atoms with Crippen LogP contribution in [0, 0.1) is 5.41 Å². The molecule has 1 unspecified atom stereocenters. The van der Waals surface area contributed by atoms with E-state index in [0.717, 1.165) is 32.2 Å². The SMILES string of the molecule is COCCC1(C=O)CCCOC1. The van der Waals surface area contributed by atoms with Gasteiger partial charge in [0.25, 0.3) is 0 Å². The van der Waals surface area contributed by atoms with Crippen molar-refractivity contribution in [3.63, 3.8) is 0 Å². The summed E-state index contributed by atoms with van der Waals surface area (Å²) >= 11 is 0. The Morgan fingerprint density at radius 3 is 3.00 bits per heavy atom. The van der Waals surface area contributed by atoms with Crippen LogP contribution in [0.15, 0.2) is 0 Å². The fourth-order valence-corrected chi connectivity index (χ4v) is 1.53. The minimum absolute atomic E-state index is 0.256. The third-order valence-electron chi connectivity index (χ3n) is 2.41. The number of carbonyl (C=O) groups excluding carboxylic acids is 1. The molecule has 0 aromatic rings. The number of aldehydes is 1. The zero-order chi connectivity index (χ0) is 8.86. The number of hydrogen-bond donors (Lipinski definition) is 0. The van der Waals surface area contributed by atoms with Crippen LogP contribution in [0.5, 0.6) is 0 Å². The Morgan fingerprint density at radius 1 is 1.67 bits per heavy atom. The molecule has 0 radical (unpaired) electrons. The molecule has 1 fully saturated rings. The standard InChI is InChI=1S/C9H16O3/c1-11-6-4-9(7-10)3-2-5-12-8-9/h7H,2-6,8H2,1H3. The highest BCUT2D eigenvalue weighted by atomic mass is 16.5. The lowest BCUT2D eigenvalue weighted by molar-refractivity contribution is -0.125. The number of hydrogen-bond acceptors (Lipinski definition) is 3. The van der Waals surface area contributed by atoms with Gasteiger partial charge in [0, 0.05) is 20.3 Å². The molecule has 1 heterocycles. The van der Waals surface area contributed by atoms with E-state index in [-0.39, 0.29) is 5.41 Å². The van der Waals surface area contributed by atoms with Crippen LogP contribution in [0.1, 0.15) is 19.3 Å². The van der Waals surface area contributed by atoms with Gasteiger partial charge in [0.1, 0.15) is 6.29 Å². The molecule has 12 heavy (non-hydrogen) atoms. The van der Waals surface area contributed by atoms with E-state index in [2.05, 4.69) is 0 Å². The normalized spacial score (nSPS) is 30.1. The maximum absolute atomic E-state index is 10.9. The first kappa shape index (κ1) is 9.68. The van der Waals surface area contributed by atoms with Crippen molar-refractivity contribution in [3.8, 4) is 0 Å². The van der Waals surface area contributed by atoms with E-state index >= 15 is 0 Å². The molecule has 1 aliphatic rings. The van der Waals surface area contributed by atoms with E-state index in [9.17, 15) is 4.79 Å². The highest BCUT2D eigenvalue weighted by Gasteiger charge is 2.31. The molecule has 0 aliphatic carbocycles. The minimum Gasteiger partial charge on any atom is -0.385 e. The molecule has 0 saturated carbocycles. The summed E-state index contributed by atoms with van der Waals surface area (Å²) in [5.41, 5.74) is -0.256. The van der Waals surface area contributed by atoms with Crippen LogP contribution in [-0.4, -0.2) is 33.2 Å². The summed E-state index contributed by atoms with van der Waals surface area (Å²) < 4.78 is 10.2. The van der Waals surface area contributed by atoms with E-state index in [0.29, 0.717) is 13.2 Å². The van der Waals surface area contributed by atoms with Gasteiger partial charge in [-0.3, -0.25) is 0 Å². The van der Waals surface area contributed by atoms with Crippen LogP contribution in [-0.2, 0) is 14.3 Å². The molecule has 3 nitrogen and oxygen atoms in total. The van der Waals surface area contributed by atoms with Crippen LogP contribution in [0.4, 0.5) is 0 Å². The molecule has 3 heteroatoms. The molecule has 1 aliphatic heterocycles. The Morgan fingerprint density at radius 2 is 2.50 bits per heavy atom. The molecule has 0 N–H and O–H groups in total. The van der Waals surface area contributed by atoms with E-state index in [1.54, 1.807) is 7.11 Å². The van der Waals surface area contributed by atoms with E-state index in [4.69, 9.17) is 9.47 Å². The average molecular weight is 172 g/mol. The summed E-state index contributed by atoms with van der Waals surface area (Å²) in [6.07, 6.45) is 3.75. The van der Waals surface area contributed by atoms with Gasteiger partial charge in [0.2, 0.25) is 0 Å². The third-order valence-corrected chi connectivity index (χ3v) is 2.41. The van der Waals surface area contributed by atoms with Gasteiger partial charge in [0.05, 0.1) is 12.0 Å². The van der Waals surface area contributed by atoms with Crippen LogP contribution in [0.2, 0.25) is 0 Å². The average Bonchev–Trinajstić information content (AvgIpc) is 2.16. The molecular weight excluding hydrogens is 156 g/mol. The molecule has 0 aromatic carbocycles. The Balaban J connectivity index is 2.42. The molecule has 0 bridgehead atoms. The van der Waals surface area contributed by atoms with Crippen molar-refractivity contribution in [3.05, 3.63) is 0 Å². The summed E-state index contributed by atoms with van der Waals surface area (Å²) in [5.74, 6) is 0. The Labute approximate surface area is 73.0 Å². The number of methoxy groups -OCH3 is 1. The summed E-state index contributed by atoms with van der Waals surface area (Å²) in [5, 5.41) is 0. The maximum Gasteiger partial charge on any atom is 0.128 e. The summed E-state index contributed by atoms with van der Waals surface area (Å²) in [6, 6.07) is 0. The summed E-state index contributed by atoms with van der Waals surface area (Å²) in [6.45, 7) is 2.00. The van der Waals surface area contributed by atoms with Crippen molar-refractivity contribution >= 4 is 6.29 Å². The molecule has 0 aromatic heterocycles. The quantitative estimate of drug-likeness (QED) is 0.594. The topological polar surface area (TPSA) is 35.5 Å². The molecule has 1 atom stereocenters. The predicted octanol–water partition coefficient (Wildman–Crippen LogP) is 1.02. The highest BCUT2D eigenvalue weighted by molar-refractivity contribution is 5.59. The smallest absolute Gasteiger partial charge is 0.128 e. The van der Waals surface area contributed by atoms with Crippen LogP contribution >= 0.6 is 0 Å². The Hall–Kier alpha value is -0.410. The van der Waals surface area contributed by atoms with Crippen molar-refractivity contribution < 1.29 is 14.3 Å². The van der Waals surface area contributed by atoms with Crippen LogP contribution in [0.3, 0.4) is 0 Å². The second kappa shape index (κ2) is 4.58. The van der Waals surface area contributed by atoms with Gasteiger partial charge in [-0.15, -0.1) is 0 Å². The Kier molecular flexibility index (Phi) is 3.69. The van der Waals surface area contributed by atoms with Gasteiger partial charge in [-0.1, -0.05) is 0 Å². The molecule has 1 rings (SSSR count). The fourth-order valence-electron chi connectivity index (χ4n) is 1.53. The second-order valence-corrected chi connectivity index (χ2v) is 3.38. The van der Waals surface area contributed by atoms with Gasteiger partial charge in [-0.2, -0.15) is 0 Å². The van der Waals surface area contributed by atoms with E-state index in [1.165, 1.54) is 0 Å². The summed E-state index contributed by atoms with van der Waals surface area (Å²) in [7, 11) is 1.65. The van der Waals surface area contributed by atoms with Gasteiger partial charge in [0.15, 0.2) is 0 Å². The van der Waals surface area contributed by atoms with Crippen molar-refractivity contribution in [2.45, 2.75) is 19.3 Å². The third kappa shape index (κ3) is 2.29. The lowest BCUT2D eigenvalue weighted by atomic mass is 9.81.